The normalized spacial score (nSPS) is 14.4. The third-order valence-corrected chi connectivity index (χ3v) is 8.89. The summed E-state index contributed by atoms with van der Waals surface area (Å²) in [6.07, 6.45) is 0. The first kappa shape index (κ1) is 26.5. The molecule has 0 aliphatic carbocycles. The Morgan fingerprint density at radius 3 is 2.06 bits per heavy atom. The molecule has 0 aromatic heterocycles. The summed E-state index contributed by atoms with van der Waals surface area (Å²) in [4.78, 5) is 17.4. The number of benzene rings is 3. The van der Waals surface area contributed by atoms with Crippen molar-refractivity contribution >= 4 is 44.8 Å². The number of piperazine rings is 1. The molecule has 1 amide bonds. The van der Waals surface area contributed by atoms with Crippen molar-refractivity contribution in [2.24, 2.45) is 0 Å². The maximum atomic E-state index is 13.5. The molecule has 36 heavy (non-hydrogen) atoms. The average Bonchev–Trinajstić information content (AvgIpc) is 2.87. The second kappa shape index (κ2) is 11.2. The highest BCUT2D eigenvalue weighted by molar-refractivity contribution is 7.89. The molecule has 1 heterocycles. The second-order valence-electron chi connectivity index (χ2n) is 8.94. The minimum Gasteiger partial charge on any atom is -0.368 e. The van der Waals surface area contributed by atoms with Gasteiger partial charge in [-0.05, 0) is 73.0 Å². The molecule has 1 saturated heterocycles. The highest BCUT2D eigenvalue weighted by Gasteiger charge is 2.30. The third kappa shape index (κ3) is 6.03. The molecular weight excluding hydrogens is 517 g/mol. The molecule has 9 heteroatoms. The number of hydrogen-bond donors (Lipinski definition) is 0. The molecule has 190 valence electrons. The maximum Gasteiger partial charge on any atom is 0.243 e. The summed E-state index contributed by atoms with van der Waals surface area (Å²) in [5, 5.41) is 1.000. The molecule has 6 nitrogen and oxygen atoms in total. The lowest BCUT2D eigenvalue weighted by molar-refractivity contribution is -0.131. The zero-order chi connectivity index (χ0) is 25.9. The van der Waals surface area contributed by atoms with Crippen LogP contribution >= 0.6 is 23.2 Å². The summed E-state index contributed by atoms with van der Waals surface area (Å²) >= 11 is 12.0. The van der Waals surface area contributed by atoms with Crippen molar-refractivity contribution in [1.29, 1.82) is 0 Å². The van der Waals surface area contributed by atoms with E-state index in [0.29, 0.717) is 36.2 Å². The first-order valence-electron chi connectivity index (χ1n) is 11.7. The predicted molar refractivity (Wildman–Crippen MR) is 145 cm³/mol. The van der Waals surface area contributed by atoms with E-state index in [1.54, 1.807) is 29.2 Å². The zero-order valence-electron chi connectivity index (χ0n) is 20.3. The van der Waals surface area contributed by atoms with Crippen LogP contribution < -0.4 is 4.90 Å². The molecule has 0 unspecified atom stereocenters. The lowest BCUT2D eigenvalue weighted by Gasteiger charge is -2.37. The monoisotopic (exact) mass is 545 g/mol. The molecule has 3 aromatic carbocycles. The Balaban J connectivity index is 1.50. The van der Waals surface area contributed by atoms with E-state index in [1.807, 2.05) is 6.07 Å². The van der Waals surface area contributed by atoms with Crippen LogP contribution in [0.1, 0.15) is 16.7 Å². The van der Waals surface area contributed by atoms with Gasteiger partial charge in [0.1, 0.15) is 0 Å². The summed E-state index contributed by atoms with van der Waals surface area (Å²) in [6.45, 7) is 6.44. The summed E-state index contributed by atoms with van der Waals surface area (Å²) in [7, 11) is -3.94. The van der Waals surface area contributed by atoms with Gasteiger partial charge >= 0.3 is 0 Å². The van der Waals surface area contributed by atoms with Crippen molar-refractivity contribution in [1.82, 2.24) is 9.21 Å². The van der Waals surface area contributed by atoms with E-state index in [2.05, 4.69) is 30.9 Å². The van der Waals surface area contributed by atoms with Crippen LogP contribution in [-0.2, 0) is 21.4 Å². The van der Waals surface area contributed by atoms with Gasteiger partial charge in [-0.25, -0.2) is 8.42 Å². The smallest absolute Gasteiger partial charge is 0.243 e. The van der Waals surface area contributed by atoms with Gasteiger partial charge in [-0.3, -0.25) is 4.79 Å². The summed E-state index contributed by atoms with van der Waals surface area (Å²) in [5.74, 6) is -0.220. The lowest BCUT2D eigenvalue weighted by Crippen LogP contribution is -2.52. The fourth-order valence-electron chi connectivity index (χ4n) is 4.30. The SMILES string of the molecule is Cc1cccc(N2CCN(C(=O)CN(Cc3ccc(Cl)cc3)S(=O)(=O)c3ccc(Cl)cc3)CC2)c1C. The van der Waals surface area contributed by atoms with Gasteiger partial charge in [-0.2, -0.15) is 4.31 Å². The molecular formula is C27H29Cl2N3O3S. The number of anilines is 1. The Labute approximate surface area is 223 Å². The Hall–Kier alpha value is -2.58. The van der Waals surface area contributed by atoms with Gasteiger partial charge in [0.15, 0.2) is 0 Å². The van der Waals surface area contributed by atoms with E-state index in [1.165, 1.54) is 45.4 Å². The minimum absolute atomic E-state index is 0.0519. The summed E-state index contributed by atoms with van der Waals surface area (Å²) in [6, 6.07) is 19.2. The molecule has 0 saturated carbocycles. The van der Waals surface area contributed by atoms with Crippen molar-refractivity contribution in [2.75, 3.05) is 37.6 Å². The molecule has 0 N–H and O–H groups in total. The number of aryl methyl sites for hydroxylation is 1. The van der Waals surface area contributed by atoms with Crippen molar-refractivity contribution in [2.45, 2.75) is 25.3 Å². The third-order valence-electron chi connectivity index (χ3n) is 6.58. The zero-order valence-corrected chi connectivity index (χ0v) is 22.7. The second-order valence-corrected chi connectivity index (χ2v) is 11.8. The first-order chi connectivity index (χ1) is 17.1. The Morgan fingerprint density at radius 1 is 0.861 bits per heavy atom. The molecule has 0 radical (unpaired) electrons. The molecule has 0 bridgehead atoms. The highest BCUT2D eigenvalue weighted by Crippen LogP contribution is 2.25. The fourth-order valence-corrected chi connectivity index (χ4v) is 5.93. The predicted octanol–water partition coefficient (Wildman–Crippen LogP) is 5.15. The molecule has 1 aliphatic heterocycles. The van der Waals surface area contributed by atoms with E-state index < -0.39 is 10.0 Å². The van der Waals surface area contributed by atoms with Gasteiger partial charge in [0.25, 0.3) is 0 Å². The van der Waals surface area contributed by atoms with Crippen LogP contribution in [0.4, 0.5) is 5.69 Å². The number of amides is 1. The molecule has 0 spiro atoms. The van der Waals surface area contributed by atoms with Crippen molar-refractivity contribution < 1.29 is 13.2 Å². The van der Waals surface area contributed by atoms with Gasteiger partial charge in [0.05, 0.1) is 11.4 Å². The van der Waals surface area contributed by atoms with Crippen LogP contribution in [0.2, 0.25) is 10.0 Å². The Bertz CT molecular complexity index is 1320. The maximum absolute atomic E-state index is 13.5. The van der Waals surface area contributed by atoms with E-state index in [4.69, 9.17) is 23.2 Å². The largest absolute Gasteiger partial charge is 0.368 e. The molecule has 1 aliphatic rings. The number of sulfonamides is 1. The lowest BCUT2D eigenvalue weighted by atomic mass is 10.1. The van der Waals surface area contributed by atoms with Crippen molar-refractivity contribution in [3.8, 4) is 0 Å². The van der Waals surface area contributed by atoms with E-state index in [0.717, 1.165) is 5.56 Å². The molecule has 1 fully saturated rings. The number of carbonyl (C=O) groups is 1. The summed E-state index contributed by atoms with van der Waals surface area (Å²) in [5.41, 5.74) is 4.39. The first-order valence-corrected chi connectivity index (χ1v) is 13.9. The van der Waals surface area contributed by atoms with Crippen LogP contribution in [0, 0.1) is 13.8 Å². The number of hydrogen-bond acceptors (Lipinski definition) is 4. The molecule has 0 atom stereocenters. The number of carbonyl (C=O) groups excluding carboxylic acids is 1. The van der Waals surface area contributed by atoms with E-state index in [9.17, 15) is 13.2 Å². The van der Waals surface area contributed by atoms with E-state index in [-0.39, 0.29) is 23.9 Å². The van der Waals surface area contributed by atoms with Crippen LogP contribution in [0.15, 0.2) is 71.6 Å². The minimum atomic E-state index is -3.94. The van der Waals surface area contributed by atoms with Crippen LogP contribution in [0.25, 0.3) is 0 Å². The fraction of sp³-hybridized carbons (Fsp3) is 0.296. The Morgan fingerprint density at radius 2 is 1.44 bits per heavy atom. The molecule has 3 aromatic rings. The average molecular weight is 547 g/mol. The van der Waals surface area contributed by atoms with Crippen molar-refractivity contribution in [3.63, 3.8) is 0 Å². The number of nitrogens with zero attached hydrogens (tertiary/aromatic N) is 3. The number of rotatable bonds is 7. The van der Waals surface area contributed by atoms with Gasteiger partial charge in [-0.15, -0.1) is 0 Å². The van der Waals surface area contributed by atoms with Crippen LogP contribution in [0.3, 0.4) is 0 Å². The highest BCUT2D eigenvalue weighted by atomic mass is 35.5. The van der Waals surface area contributed by atoms with E-state index >= 15 is 0 Å². The van der Waals surface area contributed by atoms with Crippen LogP contribution in [-0.4, -0.2) is 56.3 Å². The van der Waals surface area contributed by atoms with Gasteiger partial charge in [0, 0.05) is 48.5 Å². The Kier molecular flexibility index (Phi) is 8.25. The summed E-state index contributed by atoms with van der Waals surface area (Å²) < 4.78 is 28.3. The number of halogens is 2. The van der Waals surface area contributed by atoms with Crippen molar-refractivity contribution in [3.05, 3.63) is 93.5 Å². The van der Waals surface area contributed by atoms with Gasteiger partial charge < -0.3 is 9.80 Å². The topological polar surface area (TPSA) is 60.9 Å². The van der Waals surface area contributed by atoms with Gasteiger partial charge in [0.2, 0.25) is 15.9 Å². The molecule has 4 rings (SSSR count). The quantitative estimate of drug-likeness (QED) is 0.412. The van der Waals surface area contributed by atoms with Crippen LogP contribution in [0.5, 0.6) is 0 Å². The van der Waals surface area contributed by atoms with Gasteiger partial charge in [-0.1, -0.05) is 47.5 Å². The standard InChI is InChI=1S/C27H29Cl2N3O3S/c1-20-4-3-5-26(21(20)2)30-14-16-31(17-15-30)27(33)19-32(18-22-6-8-23(28)9-7-22)36(34,35)25-12-10-24(29)11-13-25/h3-13H,14-19H2,1-2H3.